The van der Waals surface area contributed by atoms with Crippen LogP contribution in [0.1, 0.15) is 56.8 Å². The number of carbonyl (C=O) groups excluding carboxylic acids is 4. The van der Waals surface area contributed by atoms with Gasteiger partial charge in [-0.2, -0.15) is 0 Å². The summed E-state index contributed by atoms with van der Waals surface area (Å²) in [6, 6.07) is 31.9. The van der Waals surface area contributed by atoms with E-state index in [9.17, 15) is 19.2 Å². The van der Waals surface area contributed by atoms with Crippen molar-refractivity contribution in [2.75, 3.05) is 27.4 Å². The Morgan fingerprint density at radius 3 is 1.28 bits per heavy atom. The zero-order valence-electron chi connectivity index (χ0n) is 28.5. The molecule has 0 fully saturated rings. The molecule has 0 aliphatic carbocycles. The molecule has 0 radical (unpaired) electrons. The molecule has 0 heterocycles. The van der Waals surface area contributed by atoms with E-state index < -0.39 is 0 Å². The highest BCUT2D eigenvalue weighted by atomic mass is 16.5. The van der Waals surface area contributed by atoms with Gasteiger partial charge in [-0.25, -0.2) is 0 Å². The van der Waals surface area contributed by atoms with Crippen LogP contribution in [0.4, 0.5) is 0 Å². The van der Waals surface area contributed by atoms with Gasteiger partial charge < -0.3 is 18.9 Å². The minimum absolute atomic E-state index is 0.126. The van der Waals surface area contributed by atoms with Crippen molar-refractivity contribution in [3.05, 3.63) is 143 Å². The number of methoxy groups -OCH3 is 2. The van der Waals surface area contributed by atoms with Gasteiger partial charge in [0.05, 0.1) is 40.3 Å². The second kappa shape index (κ2) is 16.4. The van der Waals surface area contributed by atoms with Crippen LogP contribution >= 0.6 is 0 Å². The molecule has 8 heteroatoms. The van der Waals surface area contributed by atoms with Crippen LogP contribution in [-0.4, -0.2) is 50.9 Å². The van der Waals surface area contributed by atoms with E-state index in [-0.39, 0.29) is 36.3 Å². The van der Waals surface area contributed by atoms with Gasteiger partial charge in [0.25, 0.3) is 0 Å². The summed E-state index contributed by atoms with van der Waals surface area (Å²) < 4.78 is 21.4. The van der Waals surface area contributed by atoms with E-state index in [2.05, 4.69) is 0 Å². The molecule has 0 aliphatic heterocycles. The Morgan fingerprint density at radius 1 is 0.480 bits per heavy atom. The molecule has 8 nitrogen and oxygen atoms in total. The first-order chi connectivity index (χ1) is 24.2. The topological polar surface area (TPSA) is 105 Å². The number of carbonyl (C=O) groups is 4. The van der Waals surface area contributed by atoms with Crippen LogP contribution in [0, 0.1) is 0 Å². The van der Waals surface area contributed by atoms with Crippen LogP contribution in [0.3, 0.4) is 0 Å². The van der Waals surface area contributed by atoms with Crippen LogP contribution in [0.25, 0.3) is 22.3 Å². The molecule has 50 heavy (non-hydrogen) atoms. The zero-order valence-corrected chi connectivity index (χ0v) is 28.5. The lowest BCUT2D eigenvalue weighted by Crippen LogP contribution is -2.08. The second-order valence-corrected chi connectivity index (χ2v) is 11.4. The molecule has 0 aromatic heterocycles. The normalized spacial score (nSPS) is 10.6. The molecule has 254 valence electrons. The number of ether oxygens (including phenoxy) is 4. The third kappa shape index (κ3) is 8.33. The summed E-state index contributed by atoms with van der Waals surface area (Å²) in [5, 5.41) is 0. The van der Waals surface area contributed by atoms with Crippen molar-refractivity contribution in [1.82, 2.24) is 0 Å². The number of rotatable bonds is 14. The Labute approximate surface area is 291 Å². The summed E-state index contributed by atoms with van der Waals surface area (Å²) in [6.07, 6.45) is 0.252. The number of hydrogen-bond acceptors (Lipinski definition) is 8. The predicted molar refractivity (Wildman–Crippen MR) is 191 cm³/mol. The summed E-state index contributed by atoms with van der Waals surface area (Å²) in [6.45, 7) is 4.14. The van der Waals surface area contributed by atoms with E-state index in [1.54, 1.807) is 88.7 Å². The average molecular weight is 671 g/mol. The van der Waals surface area contributed by atoms with Crippen molar-refractivity contribution in [3.63, 3.8) is 0 Å². The summed E-state index contributed by atoms with van der Waals surface area (Å²) in [4.78, 5) is 51.8. The summed E-state index contributed by atoms with van der Waals surface area (Å²) in [5.41, 5.74) is 6.02. The van der Waals surface area contributed by atoms with Crippen molar-refractivity contribution in [2.45, 2.75) is 26.7 Å². The van der Waals surface area contributed by atoms with Crippen molar-refractivity contribution in [2.24, 2.45) is 0 Å². The molecule has 0 atom stereocenters. The van der Waals surface area contributed by atoms with E-state index in [1.807, 2.05) is 48.5 Å². The Bertz CT molecular complexity index is 1900. The highest BCUT2D eigenvalue weighted by molar-refractivity contribution is 6.14. The van der Waals surface area contributed by atoms with Gasteiger partial charge in [-0.15, -0.1) is 0 Å². The average Bonchev–Trinajstić information content (AvgIpc) is 3.14. The molecule has 0 amide bonds. The monoisotopic (exact) mass is 670 g/mol. The first kappa shape index (κ1) is 35.3. The van der Waals surface area contributed by atoms with Crippen LogP contribution in [0.2, 0.25) is 0 Å². The lowest BCUT2D eigenvalue weighted by molar-refractivity contribution is -0.143. The number of ketones is 2. The van der Waals surface area contributed by atoms with Crippen LogP contribution in [-0.2, 0) is 31.9 Å². The van der Waals surface area contributed by atoms with Gasteiger partial charge in [0.15, 0.2) is 11.6 Å². The van der Waals surface area contributed by atoms with E-state index in [0.29, 0.717) is 58.1 Å². The first-order valence-electron chi connectivity index (χ1n) is 16.3. The van der Waals surface area contributed by atoms with Gasteiger partial charge in [0.1, 0.15) is 11.5 Å². The second-order valence-electron chi connectivity index (χ2n) is 11.4. The molecule has 5 aromatic carbocycles. The SMILES string of the molecule is CCOC(=O)Cc1cccc(-c2cc(C(=O)c3cccc(C(=O)c4ccc(OC)c(-c5cccc(CC(=O)OCC)c5)c4)c3)ccc2OC)c1. The third-order valence-electron chi connectivity index (χ3n) is 8.09. The maximum atomic E-state index is 13.8. The van der Waals surface area contributed by atoms with Gasteiger partial charge in [-0.3, -0.25) is 19.2 Å². The number of esters is 2. The van der Waals surface area contributed by atoms with Gasteiger partial charge in [-0.05, 0) is 78.6 Å². The molecule has 5 aromatic rings. The fraction of sp³-hybridized carbons (Fsp3) is 0.190. The number of benzene rings is 5. The fourth-order valence-electron chi connectivity index (χ4n) is 5.74. The highest BCUT2D eigenvalue weighted by Crippen LogP contribution is 2.34. The Balaban J connectivity index is 1.43. The zero-order chi connectivity index (χ0) is 35.6. The maximum Gasteiger partial charge on any atom is 0.310 e. The quantitative estimate of drug-likeness (QED) is 0.0874. The van der Waals surface area contributed by atoms with Crippen LogP contribution < -0.4 is 9.47 Å². The number of hydrogen-bond donors (Lipinski definition) is 0. The minimum atomic E-state index is -0.318. The smallest absolute Gasteiger partial charge is 0.310 e. The van der Waals surface area contributed by atoms with Gasteiger partial charge in [-0.1, -0.05) is 66.7 Å². The molecule has 0 spiro atoms. The van der Waals surface area contributed by atoms with Gasteiger partial charge >= 0.3 is 11.9 Å². The molecule has 5 rings (SSSR count). The molecule has 0 saturated carbocycles. The molecule has 0 N–H and O–H groups in total. The van der Waals surface area contributed by atoms with Crippen LogP contribution in [0.5, 0.6) is 11.5 Å². The lowest BCUT2D eigenvalue weighted by Gasteiger charge is -2.13. The van der Waals surface area contributed by atoms with Crippen molar-refractivity contribution < 1.29 is 38.1 Å². The molecular formula is C42H38O8. The largest absolute Gasteiger partial charge is 0.496 e. The summed E-state index contributed by atoms with van der Waals surface area (Å²) in [5.74, 6) is -0.0247. The standard InChI is InChI=1S/C42H38O8/c1-5-49-39(43)22-27-10-7-12-29(20-27)35-25-33(16-18-37(35)47-3)41(45)31-14-9-15-32(24-31)42(46)34-17-19-38(48-4)36(26-34)30-13-8-11-28(21-30)23-40(44)50-6-2/h7-21,24-26H,5-6,22-23H2,1-4H3. The molecular weight excluding hydrogens is 632 g/mol. The first-order valence-corrected chi connectivity index (χ1v) is 16.3. The molecule has 0 aliphatic rings. The maximum absolute atomic E-state index is 13.8. The summed E-state index contributed by atoms with van der Waals surface area (Å²) >= 11 is 0. The Kier molecular flexibility index (Phi) is 11.6. The predicted octanol–water partition coefficient (Wildman–Crippen LogP) is 7.71. The highest BCUT2D eigenvalue weighted by Gasteiger charge is 2.19. The van der Waals surface area contributed by atoms with E-state index in [4.69, 9.17) is 18.9 Å². The Hall–Kier alpha value is -6.02. The van der Waals surface area contributed by atoms with E-state index in [0.717, 1.165) is 22.3 Å². The molecule has 0 unspecified atom stereocenters. The van der Waals surface area contributed by atoms with Crippen molar-refractivity contribution in [1.29, 1.82) is 0 Å². The van der Waals surface area contributed by atoms with E-state index >= 15 is 0 Å². The van der Waals surface area contributed by atoms with Crippen molar-refractivity contribution in [3.8, 4) is 33.8 Å². The van der Waals surface area contributed by atoms with E-state index in [1.165, 1.54) is 0 Å². The third-order valence-corrected chi connectivity index (χ3v) is 8.09. The van der Waals surface area contributed by atoms with Gasteiger partial charge in [0, 0.05) is 33.4 Å². The summed E-state index contributed by atoms with van der Waals surface area (Å²) in [7, 11) is 3.12. The van der Waals surface area contributed by atoms with Crippen LogP contribution in [0.15, 0.2) is 109 Å². The molecule has 0 bridgehead atoms. The van der Waals surface area contributed by atoms with Gasteiger partial charge in [0.2, 0.25) is 0 Å². The lowest BCUT2D eigenvalue weighted by atomic mass is 9.93. The Morgan fingerprint density at radius 2 is 0.880 bits per heavy atom. The molecule has 0 saturated heterocycles. The van der Waals surface area contributed by atoms with Crippen molar-refractivity contribution >= 4 is 23.5 Å². The minimum Gasteiger partial charge on any atom is -0.496 e. The fourth-order valence-corrected chi connectivity index (χ4v) is 5.74.